The van der Waals surface area contributed by atoms with E-state index in [-0.39, 0.29) is 6.61 Å². The van der Waals surface area contributed by atoms with Crippen molar-refractivity contribution in [3.05, 3.63) is 42.6 Å². The van der Waals surface area contributed by atoms with E-state index in [1.807, 2.05) is 6.92 Å². The molecule has 0 unspecified atom stereocenters. The van der Waals surface area contributed by atoms with Gasteiger partial charge in [0.2, 0.25) is 0 Å². The summed E-state index contributed by atoms with van der Waals surface area (Å²) in [5.74, 6) is -0.0884. The lowest BCUT2D eigenvalue weighted by molar-refractivity contribution is 0.0526. The topological polar surface area (TPSA) is 101 Å². The van der Waals surface area contributed by atoms with E-state index in [0.717, 1.165) is 5.69 Å². The van der Waals surface area contributed by atoms with Crippen LogP contribution >= 0.6 is 0 Å². The summed E-state index contributed by atoms with van der Waals surface area (Å²) in [5.41, 5.74) is 1.60. The Balaban J connectivity index is 2.27. The zero-order valence-electron chi connectivity index (χ0n) is 12.0. The maximum absolute atomic E-state index is 12.4. The average Bonchev–Trinajstić information content (AvgIpc) is 3.20. The van der Waals surface area contributed by atoms with Crippen LogP contribution in [0.4, 0.5) is 0 Å². The number of esters is 1. The molecule has 9 heteroatoms. The fourth-order valence-corrected chi connectivity index (χ4v) is 2.06. The van der Waals surface area contributed by atoms with Crippen LogP contribution in [0.2, 0.25) is 0 Å². The van der Waals surface area contributed by atoms with Crippen molar-refractivity contribution in [1.29, 1.82) is 0 Å². The first-order valence-corrected chi connectivity index (χ1v) is 6.59. The molecule has 0 aliphatic heterocycles. The second kappa shape index (κ2) is 5.72. The van der Waals surface area contributed by atoms with Gasteiger partial charge in [-0.15, -0.1) is 20.4 Å². The monoisotopic (exact) mass is 299 g/mol. The highest BCUT2D eigenvalue weighted by atomic mass is 16.5. The predicted octanol–water partition coefficient (Wildman–Crippen LogP) is 0.728. The van der Waals surface area contributed by atoms with Crippen molar-refractivity contribution in [2.45, 2.75) is 13.8 Å². The Labute approximate surface area is 125 Å². The largest absolute Gasteiger partial charge is 0.462 e. The first kappa shape index (κ1) is 13.9. The van der Waals surface area contributed by atoms with Crippen molar-refractivity contribution >= 4 is 5.97 Å². The Morgan fingerprint density at radius 3 is 2.27 bits per heavy atom. The summed E-state index contributed by atoms with van der Waals surface area (Å²) in [6.07, 6.45) is 5.96. The van der Waals surface area contributed by atoms with Gasteiger partial charge < -0.3 is 4.74 Å². The van der Waals surface area contributed by atoms with Gasteiger partial charge in [-0.3, -0.25) is 9.13 Å². The number of rotatable bonds is 4. The highest BCUT2D eigenvalue weighted by Crippen LogP contribution is 2.22. The summed E-state index contributed by atoms with van der Waals surface area (Å²) in [4.78, 5) is 16.8. The summed E-state index contributed by atoms with van der Waals surface area (Å²) in [6.45, 7) is 3.84. The third-order valence-electron chi connectivity index (χ3n) is 2.95. The molecule has 3 aromatic rings. The number of aryl methyl sites for hydroxylation is 1. The van der Waals surface area contributed by atoms with Crippen molar-refractivity contribution in [2.24, 2.45) is 0 Å². The zero-order chi connectivity index (χ0) is 15.5. The molecule has 0 bridgehead atoms. The molecule has 9 nitrogen and oxygen atoms in total. The lowest BCUT2D eigenvalue weighted by atomic mass is 10.1. The summed E-state index contributed by atoms with van der Waals surface area (Å²) in [6, 6.07) is 1.77. The zero-order valence-corrected chi connectivity index (χ0v) is 12.0. The molecule has 3 heterocycles. The van der Waals surface area contributed by atoms with Crippen molar-refractivity contribution in [2.75, 3.05) is 6.61 Å². The number of nitrogens with zero attached hydrogens (tertiary/aromatic N) is 7. The highest BCUT2D eigenvalue weighted by Gasteiger charge is 2.22. The van der Waals surface area contributed by atoms with Gasteiger partial charge in [-0.25, -0.2) is 9.78 Å². The van der Waals surface area contributed by atoms with E-state index in [2.05, 4.69) is 25.4 Å². The van der Waals surface area contributed by atoms with Crippen LogP contribution in [-0.2, 0) is 4.74 Å². The lowest BCUT2D eigenvalue weighted by Crippen LogP contribution is -2.15. The Bertz CT molecular complexity index is 726. The van der Waals surface area contributed by atoms with E-state index in [9.17, 15) is 4.79 Å². The van der Waals surface area contributed by atoms with Gasteiger partial charge in [-0.2, -0.15) is 0 Å². The van der Waals surface area contributed by atoms with E-state index < -0.39 is 5.97 Å². The lowest BCUT2D eigenvalue weighted by Gasteiger charge is -2.14. The minimum absolute atomic E-state index is 0.260. The molecule has 22 heavy (non-hydrogen) atoms. The minimum atomic E-state index is -0.484. The molecule has 0 aliphatic rings. The van der Waals surface area contributed by atoms with Crippen molar-refractivity contribution in [1.82, 2.24) is 34.5 Å². The first-order chi connectivity index (χ1) is 10.7. The Morgan fingerprint density at radius 2 is 1.68 bits per heavy atom. The number of aromatic nitrogens is 7. The van der Waals surface area contributed by atoms with Gasteiger partial charge in [0, 0.05) is 5.69 Å². The van der Waals surface area contributed by atoms with Gasteiger partial charge in [0.15, 0.2) is 5.82 Å². The number of ether oxygens (including phenoxy) is 1. The van der Waals surface area contributed by atoms with E-state index in [4.69, 9.17) is 4.74 Å². The third kappa shape index (κ3) is 2.43. The van der Waals surface area contributed by atoms with Crippen LogP contribution in [0.25, 0.3) is 11.5 Å². The molecule has 3 aromatic heterocycles. The molecule has 0 aromatic carbocycles. The van der Waals surface area contributed by atoms with E-state index >= 15 is 0 Å². The van der Waals surface area contributed by atoms with E-state index in [0.29, 0.717) is 17.1 Å². The van der Waals surface area contributed by atoms with Gasteiger partial charge in [-0.1, -0.05) is 0 Å². The van der Waals surface area contributed by atoms with E-state index in [1.54, 1.807) is 22.1 Å². The van der Waals surface area contributed by atoms with Crippen LogP contribution in [0.1, 0.15) is 23.0 Å². The van der Waals surface area contributed by atoms with Crippen LogP contribution in [0.15, 0.2) is 31.4 Å². The van der Waals surface area contributed by atoms with Crippen LogP contribution in [-0.4, -0.2) is 47.1 Å². The normalized spacial score (nSPS) is 10.6. The van der Waals surface area contributed by atoms with Crippen LogP contribution < -0.4 is 0 Å². The molecule has 0 N–H and O–H groups in total. The van der Waals surface area contributed by atoms with Crippen molar-refractivity contribution < 1.29 is 9.53 Å². The Kier molecular flexibility index (Phi) is 3.60. The summed E-state index contributed by atoms with van der Waals surface area (Å²) >= 11 is 0. The number of carbonyl (C=O) groups excluding carboxylic acids is 1. The number of carbonyl (C=O) groups is 1. The maximum atomic E-state index is 12.4. The third-order valence-corrected chi connectivity index (χ3v) is 2.95. The maximum Gasteiger partial charge on any atom is 0.344 e. The van der Waals surface area contributed by atoms with Crippen LogP contribution in [0.3, 0.4) is 0 Å². The average molecular weight is 299 g/mol. The number of hydrogen-bond acceptors (Lipinski definition) is 7. The van der Waals surface area contributed by atoms with Gasteiger partial charge in [0.25, 0.3) is 0 Å². The SMILES string of the molecule is CCOC(=O)c1c(-n2cnnc2)cc(C)nc1-n1cnnc1. The molecule has 0 radical (unpaired) electrons. The number of hydrogen-bond donors (Lipinski definition) is 0. The molecule has 0 saturated carbocycles. The van der Waals surface area contributed by atoms with Crippen molar-refractivity contribution in [3.63, 3.8) is 0 Å². The Hall–Kier alpha value is -3.10. The molecule has 3 rings (SSSR count). The molecular weight excluding hydrogens is 286 g/mol. The minimum Gasteiger partial charge on any atom is -0.462 e. The summed E-state index contributed by atoms with van der Waals surface area (Å²) in [7, 11) is 0. The molecule has 0 aliphatic carbocycles. The fourth-order valence-electron chi connectivity index (χ4n) is 2.06. The molecular formula is C13H13N7O2. The van der Waals surface area contributed by atoms with E-state index in [1.165, 1.54) is 25.3 Å². The fraction of sp³-hybridized carbons (Fsp3) is 0.231. The van der Waals surface area contributed by atoms with Crippen LogP contribution in [0.5, 0.6) is 0 Å². The van der Waals surface area contributed by atoms with Gasteiger partial charge in [-0.05, 0) is 19.9 Å². The molecule has 0 spiro atoms. The summed E-state index contributed by atoms with van der Waals surface area (Å²) in [5, 5.41) is 15.1. The first-order valence-electron chi connectivity index (χ1n) is 6.59. The van der Waals surface area contributed by atoms with Gasteiger partial charge in [0.05, 0.1) is 12.3 Å². The standard InChI is InChI=1S/C13H13N7O2/c1-3-22-13(21)11-10(19-5-14-15-6-19)4-9(2)18-12(11)20-7-16-17-8-20/h4-8H,3H2,1-2H3. The highest BCUT2D eigenvalue weighted by molar-refractivity contribution is 5.97. The second-order valence-corrected chi connectivity index (χ2v) is 4.44. The predicted molar refractivity (Wildman–Crippen MR) is 74.8 cm³/mol. The number of pyridine rings is 1. The van der Waals surface area contributed by atoms with Crippen molar-refractivity contribution in [3.8, 4) is 11.5 Å². The molecule has 112 valence electrons. The molecule has 0 saturated heterocycles. The Morgan fingerprint density at radius 1 is 1.09 bits per heavy atom. The second-order valence-electron chi connectivity index (χ2n) is 4.44. The molecule has 0 atom stereocenters. The van der Waals surface area contributed by atoms with Gasteiger partial charge in [0.1, 0.15) is 30.9 Å². The quantitative estimate of drug-likeness (QED) is 0.654. The van der Waals surface area contributed by atoms with Crippen LogP contribution in [0, 0.1) is 6.92 Å². The summed E-state index contributed by atoms with van der Waals surface area (Å²) < 4.78 is 8.35. The smallest absolute Gasteiger partial charge is 0.344 e. The molecule has 0 fully saturated rings. The molecule has 0 amide bonds. The van der Waals surface area contributed by atoms with Gasteiger partial charge >= 0.3 is 5.97 Å².